The van der Waals surface area contributed by atoms with Crippen LogP contribution in [0.4, 0.5) is 5.82 Å². The summed E-state index contributed by atoms with van der Waals surface area (Å²) in [7, 11) is 0. The summed E-state index contributed by atoms with van der Waals surface area (Å²) in [5.41, 5.74) is 0.862. The number of rotatable bonds is 5. The first kappa shape index (κ1) is 12.7. The third kappa shape index (κ3) is 2.40. The number of nitrogens with zero attached hydrogens (tertiary/aromatic N) is 3. The molecule has 0 bridgehead atoms. The summed E-state index contributed by atoms with van der Waals surface area (Å²) in [5.74, 6) is -0.552. The summed E-state index contributed by atoms with van der Waals surface area (Å²) in [6, 6.07) is 0. The Balaban J connectivity index is 2.21. The number of carbonyl (C=O) groups is 1. The Morgan fingerprint density at radius 1 is 1.56 bits per heavy atom. The van der Waals surface area contributed by atoms with Crippen LogP contribution in [-0.4, -0.2) is 32.0 Å². The number of aliphatic carboxylic acids is 1. The van der Waals surface area contributed by atoms with E-state index in [-0.39, 0.29) is 0 Å². The van der Waals surface area contributed by atoms with Crippen LogP contribution in [-0.2, 0) is 4.79 Å². The third-order valence-corrected chi connectivity index (χ3v) is 3.65. The second-order valence-corrected chi connectivity index (χ2v) is 4.75. The highest BCUT2D eigenvalue weighted by Gasteiger charge is 2.16. The molecule has 96 valence electrons. The van der Waals surface area contributed by atoms with E-state index in [1.807, 2.05) is 13.8 Å². The first-order valence-corrected chi connectivity index (χ1v) is 6.44. The van der Waals surface area contributed by atoms with Crippen molar-refractivity contribution >= 4 is 33.5 Å². The number of anilines is 1. The Bertz CT molecular complexity index is 569. The fourth-order valence-electron chi connectivity index (χ4n) is 1.68. The molecule has 0 fully saturated rings. The van der Waals surface area contributed by atoms with Gasteiger partial charge in [-0.3, -0.25) is 4.79 Å². The number of carboxylic acids is 1. The molecule has 7 heteroatoms. The zero-order chi connectivity index (χ0) is 13.1. The quantitative estimate of drug-likeness (QED) is 0.859. The van der Waals surface area contributed by atoms with Crippen LogP contribution in [0.25, 0.3) is 10.2 Å². The topological polar surface area (TPSA) is 88.0 Å². The zero-order valence-electron chi connectivity index (χ0n) is 10.2. The largest absolute Gasteiger partial charge is 0.481 e. The van der Waals surface area contributed by atoms with Gasteiger partial charge < -0.3 is 10.4 Å². The van der Waals surface area contributed by atoms with Gasteiger partial charge in [-0.25, -0.2) is 9.97 Å². The van der Waals surface area contributed by atoms with Crippen molar-refractivity contribution in [2.24, 2.45) is 5.92 Å². The van der Waals surface area contributed by atoms with E-state index in [2.05, 4.69) is 19.7 Å². The molecule has 2 aromatic heterocycles. The van der Waals surface area contributed by atoms with Crippen molar-refractivity contribution in [2.75, 3.05) is 11.9 Å². The van der Waals surface area contributed by atoms with Gasteiger partial charge in [-0.15, -0.1) is 0 Å². The highest BCUT2D eigenvalue weighted by Crippen LogP contribution is 2.25. The number of aromatic nitrogens is 3. The van der Waals surface area contributed by atoms with Crippen molar-refractivity contribution in [3.05, 3.63) is 12.0 Å². The van der Waals surface area contributed by atoms with Gasteiger partial charge in [0, 0.05) is 6.54 Å². The van der Waals surface area contributed by atoms with Gasteiger partial charge in [-0.05, 0) is 24.9 Å². The van der Waals surface area contributed by atoms with Crippen LogP contribution in [0.2, 0.25) is 0 Å². The number of carboxylic acid groups (broad SMARTS) is 1. The molecule has 2 rings (SSSR count). The van der Waals surface area contributed by atoms with Crippen LogP contribution in [0.3, 0.4) is 0 Å². The molecular weight excluding hydrogens is 252 g/mol. The van der Waals surface area contributed by atoms with Crippen LogP contribution in [0.1, 0.15) is 19.0 Å². The summed E-state index contributed by atoms with van der Waals surface area (Å²) in [6.07, 6.45) is 2.04. The molecule has 0 aromatic carbocycles. The second kappa shape index (κ2) is 5.26. The molecule has 0 spiro atoms. The third-order valence-electron chi connectivity index (χ3n) is 2.80. The van der Waals surface area contributed by atoms with E-state index in [9.17, 15) is 4.79 Å². The number of aryl methyl sites for hydroxylation is 1. The van der Waals surface area contributed by atoms with Gasteiger partial charge in [0.05, 0.1) is 17.0 Å². The minimum absolute atomic E-state index is 0.354. The van der Waals surface area contributed by atoms with Crippen molar-refractivity contribution in [3.63, 3.8) is 0 Å². The Morgan fingerprint density at radius 2 is 2.33 bits per heavy atom. The number of hydrogen-bond acceptors (Lipinski definition) is 6. The van der Waals surface area contributed by atoms with E-state index >= 15 is 0 Å². The lowest BCUT2D eigenvalue weighted by atomic mass is 10.1. The SMILES string of the molecule is CCC(CNc1ncnc2snc(C)c12)C(=O)O. The molecule has 0 saturated carbocycles. The van der Waals surface area contributed by atoms with E-state index in [0.29, 0.717) is 18.8 Å². The van der Waals surface area contributed by atoms with E-state index in [1.54, 1.807) is 0 Å². The van der Waals surface area contributed by atoms with E-state index < -0.39 is 11.9 Å². The molecular formula is C11H14N4O2S. The molecule has 0 aliphatic heterocycles. The van der Waals surface area contributed by atoms with Gasteiger partial charge in [-0.2, -0.15) is 4.37 Å². The molecule has 2 aromatic rings. The van der Waals surface area contributed by atoms with E-state index in [4.69, 9.17) is 5.11 Å². The molecule has 18 heavy (non-hydrogen) atoms. The molecule has 0 amide bonds. The van der Waals surface area contributed by atoms with Crippen molar-refractivity contribution in [1.29, 1.82) is 0 Å². The molecule has 1 atom stereocenters. The van der Waals surface area contributed by atoms with Crippen LogP contribution in [0, 0.1) is 12.8 Å². The fraction of sp³-hybridized carbons (Fsp3) is 0.455. The highest BCUT2D eigenvalue weighted by molar-refractivity contribution is 7.13. The van der Waals surface area contributed by atoms with Crippen LogP contribution < -0.4 is 5.32 Å². The minimum Gasteiger partial charge on any atom is -0.481 e. The summed E-state index contributed by atoms with van der Waals surface area (Å²) in [4.78, 5) is 20.1. The maximum Gasteiger partial charge on any atom is 0.308 e. The Kier molecular flexibility index (Phi) is 3.71. The predicted octanol–water partition coefficient (Wildman–Crippen LogP) is 1.92. The van der Waals surface area contributed by atoms with Crippen LogP contribution in [0.5, 0.6) is 0 Å². The van der Waals surface area contributed by atoms with Crippen molar-refractivity contribution < 1.29 is 9.90 Å². The number of hydrogen-bond donors (Lipinski definition) is 2. The van der Waals surface area contributed by atoms with Crippen LogP contribution >= 0.6 is 11.5 Å². The summed E-state index contributed by atoms with van der Waals surface area (Å²) in [5, 5.41) is 13.0. The van der Waals surface area contributed by atoms with E-state index in [0.717, 1.165) is 15.9 Å². The molecule has 6 nitrogen and oxygen atoms in total. The number of fused-ring (bicyclic) bond motifs is 1. The van der Waals surface area contributed by atoms with Gasteiger partial charge in [0.15, 0.2) is 0 Å². The van der Waals surface area contributed by atoms with Crippen molar-refractivity contribution in [2.45, 2.75) is 20.3 Å². The molecule has 1 unspecified atom stereocenters. The van der Waals surface area contributed by atoms with Gasteiger partial charge in [0.25, 0.3) is 0 Å². The highest BCUT2D eigenvalue weighted by atomic mass is 32.1. The molecule has 0 saturated heterocycles. The first-order valence-electron chi connectivity index (χ1n) is 5.67. The van der Waals surface area contributed by atoms with Gasteiger partial charge in [-0.1, -0.05) is 6.92 Å². The smallest absolute Gasteiger partial charge is 0.308 e. The van der Waals surface area contributed by atoms with Gasteiger partial charge in [0.2, 0.25) is 0 Å². The lowest BCUT2D eigenvalue weighted by molar-refractivity contribution is -0.141. The van der Waals surface area contributed by atoms with Crippen LogP contribution in [0.15, 0.2) is 6.33 Å². The summed E-state index contributed by atoms with van der Waals surface area (Å²) in [6.45, 7) is 4.10. The Hall–Kier alpha value is -1.76. The monoisotopic (exact) mass is 266 g/mol. The zero-order valence-corrected chi connectivity index (χ0v) is 11.0. The fourth-order valence-corrected chi connectivity index (χ4v) is 2.43. The molecule has 2 N–H and O–H groups in total. The average Bonchev–Trinajstić information content (AvgIpc) is 2.72. The van der Waals surface area contributed by atoms with Crippen molar-refractivity contribution in [1.82, 2.24) is 14.3 Å². The standard InChI is InChI=1S/C11H14N4O2S/c1-3-7(11(16)17)4-12-9-8-6(2)15-18-10(8)14-5-13-9/h5,7H,3-4H2,1-2H3,(H,16,17)(H,12,13,14). The maximum atomic E-state index is 10.9. The molecule has 2 heterocycles. The summed E-state index contributed by atoms with van der Waals surface area (Å²) < 4.78 is 4.22. The molecule has 0 radical (unpaired) electrons. The van der Waals surface area contributed by atoms with Gasteiger partial charge in [0.1, 0.15) is 17.0 Å². The minimum atomic E-state index is -0.796. The summed E-state index contributed by atoms with van der Waals surface area (Å²) >= 11 is 1.32. The first-order chi connectivity index (χ1) is 8.63. The Morgan fingerprint density at radius 3 is 3.00 bits per heavy atom. The maximum absolute atomic E-state index is 10.9. The normalized spacial score (nSPS) is 12.6. The van der Waals surface area contributed by atoms with Gasteiger partial charge >= 0.3 is 5.97 Å². The average molecular weight is 266 g/mol. The van der Waals surface area contributed by atoms with Crippen molar-refractivity contribution in [3.8, 4) is 0 Å². The second-order valence-electron chi connectivity index (χ2n) is 3.99. The predicted molar refractivity (Wildman–Crippen MR) is 69.9 cm³/mol. The molecule has 0 aliphatic rings. The van der Waals surface area contributed by atoms with E-state index in [1.165, 1.54) is 17.9 Å². The number of nitrogens with one attached hydrogen (secondary N) is 1. The molecule has 0 aliphatic carbocycles. The lowest BCUT2D eigenvalue weighted by Gasteiger charge is -2.11. The Labute approximate surface area is 108 Å². The lowest BCUT2D eigenvalue weighted by Crippen LogP contribution is -2.22.